The normalized spacial score (nSPS) is 28.6. The Kier molecular flexibility index (Phi) is 3.35. The van der Waals surface area contributed by atoms with Crippen molar-refractivity contribution in [2.75, 3.05) is 13.1 Å². The lowest BCUT2D eigenvalue weighted by atomic mass is 9.97. The van der Waals surface area contributed by atoms with Crippen LogP contribution >= 0.6 is 0 Å². The van der Waals surface area contributed by atoms with Gasteiger partial charge in [-0.05, 0) is 45.7 Å². The Balaban J connectivity index is 1.53. The van der Waals surface area contributed by atoms with E-state index in [0.29, 0.717) is 6.04 Å². The predicted molar refractivity (Wildman–Crippen MR) is 70.2 cm³/mol. The van der Waals surface area contributed by atoms with Crippen LogP contribution in [0.1, 0.15) is 37.3 Å². The van der Waals surface area contributed by atoms with Crippen molar-refractivity contribution < 1.29 is 0 Å². The highest BCUT2D eigenvalue weighted by Gasteiger charge is 2.31. The lowest BCUT2D eigenvalue weighted by molar-refractivity contribution is 0.166. The van der Waals surface area contributed by atoms with Gasteiger partial charge in [0.1, 0.15) is 11.6 Å². The van der Waals surface area contributed by atoms with E-state index in [0.717, 1.165) is 24.2 Å². The molecule has 0 amide bonds. The summed E-state index contributed by atoms with van der Waals surface area (Å²) < 4.78 is 2.07. The third kappa shape index (κ3) is 2.29. The van der Waals surface area contributed by atoms with E-state index in [4.69, 9.17) is 0 Å². The van der Waals surface area contributed by atoms with Crippen molar-refractivity contribution in [3.05, 3.63) is 11.6 Å². The molecule has 0 radical (unpaired) electrons. The van der Waals surface area contributed by atoms with Crippen molar-refractivity contribution >= 4 is 0 Å². The number of fused-ring (bicyclic) bond motifs is 1. The van der Waals surface area contributed by atoms with Gasteiger partial charge in [0.15, 0.2) is 0 Å². The highest BCUT2D eigenvalue weighted by molar-refractivity contribution is 4.94. The van der Waals surface area contributed by atoms with Gasteiger partial charge in [-0.25, -0.2) is 0 Å². The van der Waals surface area contributed by atoms with Gasteiger partial charge in [0.25, 0.3) is 0 Å². The molecule has 1 aromatic rings. The Bertz CT molecular complexity index is 414. The molecule has 0 saturated carbocycles. The van der Waals surface area contributed by atoms with Gasteiger partial charge in [-0.1, -0.05) is 0 Å². The summed E-state index contributed by atoms with van der Waals surface area (Å²) in [4.78, 5) is 2.66. The number of aryl methyl sites for hydroxylation is 1. The standard InChI is InChI=1S/C13H23N5/c1-10-15-16-13(17(10)2)9-14-11-5-7-18-6-3-4-12(18)8-11/h11-12,14H,3-9H2,1-2H3. The average Bonchev–Trinajstić information content (AvgIpc) is 2.96. The van der Waals surface area contributed by atoms with E-state index in [2.05, 4.69) is 25.0 Å². The molecule has 2 aliphatic rings. The number of hydrogen-bond donors (Lipinski definition) is 1. The van der Waals surface area contributed by atoms with Gasteiger partial charge in [0, 0.05) is 19.1 Å². The molecule has 1 aromatic heterocycles. The summed E-state index contributed by atoms with van der Waals surface area (Å²) in [6.45, 7) is 5.42. The van der Waals surface area contributed by atoms with E-state index >= 15 is 0 Å². The topological polar surface area (TPSA) is 46.0 Å². The molecule has 3 rings (SSSR count). The second-order valence-electron chi connectivity index (χ2n) is 5.66. The van der Waals surface area contributed by atoms with E-state index in [9.17, 15) is 0 Å². The average molecular weight is 249 g/mol. The van der Waals surface area contributed by atoms with Crippen LogP contribution in [0.3, 0.4) is 0 Å². The highest BCUT2D eigenvalue weighted by atomic mass is 15.3. The molecule has 2 aliphatic heterocycles. The van der Waals surface area contributed by atoms with E-state index in [1.54, 1.807) is 0 Å². The van der Waals surface area contributed by atoms with Crippen molar-refractivity contribution in [3.63, 3.8) is 0 Å². The number of hydrogen-bond acceptors (Lipinski definition) is 4. The first-order valence-corrected chi connectivity index (χ1v) is 7.06. The molecule has 3 heterocycles. The van der Waals surface area contributed by atoms with Gasteiger partial charge in [0.05, 0.1) is 6.54 Å². The molecular weight excluding hydrogens is 226 g/mol. The summed E-state index contributed by atoms with van der Waals surface area (Å²) in [5, 5.41) is 12.0. The molecule has 2 atom stereocenters. The van der Waals surface area contributed by atoms with Crippen LogP contribution in [0.25, 0.3) is 0 Å². The zero-order valence-corrected chi connectivity index (χ0v) is 11.4. The second-order valence-corrected chi connectivity index (χ2v) is 5.66. The van der Waals surface area contributed by atoms with Gasteiger partial charge < -0.3 is 14.8 Å². The first-order valence-electron chi connectivity index (χ1n) is 7.06. The minimum Gasteiger partial charge on any atom is -0.317 e. The molecule has 0 aliphatic carbocycles. The fourth-order valence-electron chi connectivity index (χ4n) is 3.25. The maximum atomic E-state index is 4.21. The third-order valence-corrected chi connectivity index (χ3v) is 4.55. The van der Waals surface area contributed by atoms with E-state index in [1.807, 2.05) is 14.0 Å². The molecule has 2 saturated heterocycles. The molecule has 100 valence electrons. The van der Waals surface area contributed by atoms with Crippen LogP contribution in [-0.4, -0.2) is 44.8 Å². The number of nitrogens with zero attached hydrogens (tertiary/aromatic N) is 4. The molecule has 0 aromatic carbocycles. The molecule has 5 nitrogen and oxygen atoms in total. The lowest BCUT2D eigenvalue weighted by Gasteiger charge is -2.35. The summed E-state index contributed by atoms with van der Waals surface area (Å²) in [5.41, 5.74) is 0. The van der Waals surface area contributed by atoms with E-state index in [1.165, 1.54) is 38.8 Å². The van der Waals surface area contributed by atoms with Crippen LogP contribution in [0.2, 0.25) is 0 Å². The number of nitrogens with one attached hydrogen (secondary N) is 1. The van der Waals surface area contributed by atoms with Crippen LogP contribution in [0.4, 0.5) is 0 Å². The summed E-state index contributed by atoms with van der Waals surface area (Å²) >= 11 is 0. The van der Waals surface area contributed by atoms with Gasteiger partial charge >= 0.3 is 0 Å². The molecule has 0 spiro atoms. The maximum absolute atomic E-state index is 4.21. The largest absolute Gasteiger partial charge is 0.317 e. The molecule has 2 fully saturated rings. The van der Waals surface area contributed by atoms with Gasteiger partial charge in [-0.15, -0.1) is 10.2 Å². The first kappa shape index (κ1) is 12.1. The fraction of sp³-hybridized carbons (Fsp3) is 0.846. The molecule has 0 bridgehead atoms. The molecule has 1 N–H and O–H groups in total. The second kappa shape index (κ2) is 4.97. The smallest absolute Gasteiger partial charge is 0.146 e. The van der Waals surface area contributed by atoms with Crippen LogP contribution < -0.4 is 5.32 Å². The predicted octanol–water partition coefficient (Wildman–Crippen LogP) is 0.840. The quantitative estimate of drug-likeness (QED) is 0.862. The van der Waals surface area contributed by atoms with Crippen molar-refractivity contribution in [1.82, 2.24) is 25.0 Å². The summed E-state index contributed by atoms with van der Waals surface area (Å²) in [5.74, 6) is 2.03. The Labute approximate surface area is 109 Å². The van der Waals surface area contributed by atoms with Crippen molar-refractivity contribution in [2.24, 2.45) is 7.05 Å². The molecule has 18 heavy (non-hydrogen) atoms. The number of aromatic nitrogens is 3. The minimum absolute atomic E-state index is 0.654. The Morgan fingerprint density at radius 1 is 1.28 bits per heavy atom. The maximum Gasteiger partial charge on any atom is 0.146 e. The Morgan fingerprint density at radius 2 is 2.17 bits per heavy atom. The zero-order chi connectivity index (χ0) is 12.5. The fourth-order valence-corrected chi connectivity index (χ4v) is 3.25. The molecular formula is C13H23N5. The van der Waals surface area contributed by atoms with Crippen molar-refractivity contribution in [2.45, 2.75) is 51.2 Å². The van der Waals surface area contributed by atoms with E-state index < -0.39 is 0 Å². The SMILES string of the molecule is Cc1nnc(CNC2CCN3CCCC3C2)n1C. The highest BCUT2D eigenvalue weighted by Crippen LogP contribution is 2.26. The third-order valence-electron chi connectivity index (χ3n) is 4.55. The van der Waals surface area contributed by atoms with Gasteiger partial charge in [0.2, 0.25) is 0 Å². The van der Waals surface area contributed by atoms with Crippen molar-refractivity contribution in [3.8, 4) is 0 Å². The summed E-state index contributed by atoms with van der Waals surface area (Å²) in [7, 11) is 2.03. The van der Waals surface area contributed by atoms with Gasteiger partial charge in [-0.2, -0.15) is 0 Å². The van der Waals surface area contributed by atoms with Crippen LogP contribution in [0.15, 0.2) is 0 Å². The number of piperidine rings is 1. The van der Waals surface area contributed by atoms with Crippen LogP contribution in [0.5, 0.6) is 0 Å². The molecule has 2 unspecified atom stereocenters. The van der Waals surface area contributed by atoms with Crippen molar-refractivity contribution in [1.29, 1.82) is 0 Å². The van der Waals surface area contributed by atoms with Gasteiger partial charge in [-0.3, -0.25) is 0 Å². The van der Waals surface area contributed by atoms with E-state index in [-0.39, 0.29) is 0 Å². The minimum atomic E-state index is 0.654. The zero-order valence-electron chi connectivity index (χ0n) is 11.4. The lowest BCUT2D eigenvalue weighted by Crippen LogP contribution is -2.45. The summed E-state index contributed by atoms with van der Waals surface area (Å²) in [6, 6.07) is 1.49. The number of rotatable bonds is 3. The Hall–Kier alpha value is -0.940. The van der Waals surface area contributed by atoms with Crippen LogP contribution in [0, 0.1) is 6.92 Å². The Morgan fingerprint density at radius 3 is 2.94 bits per heavy atom. The van der Waals surface area contributed by atoms with Crippen LogP contribution in [-0.2, 0) is 13.6 Å². The monoisotopic (exact) mass is 249 g/mol. The summed E-state index contributed by atoms with van der Waals surface area (Å²) in [6.07, 6.45) is 5.35. The molecule has 5 heteroatoms. The first-order chi connectivity index (χ1) is 8.74.